The highest BCUT2D eigenvalue weighted by Crippen LogP contribution is 2.19. The number of unbranched alkanes of at least 4 members (excludes halogenated alkanes) is 1. The summed E-state index contributed by atoms with van der Waals surface area (Å²) in [7, 11) is 0. The van der Waals surface area contributed by atoms with E-state index in [0.29, 0.717) is 19.4 Å². The molecular weight excluding hydrogens is 418 g/mol. The van der Waals surface area contributed by atoms with Crippen LogP contribution in [0.2, 0.25) is 0 Å². The third kappa shape index (κ3) is 5.74. The first-order valence-corrected chi connectivity index (χ1v) is 10.5. The summed E-state index contributed by atoms with van der Waals surface area (Å²) in [5, 5.41) is 0. The van der Waals surface area contributed by atoms with Gasteiger partial charge in [-0.05, 0) is 31.9 Å². The van der Waals surface area contributed by atoms with Crippen LogP contribution in [0.1, 0.15) is 50.4 Å². The summed E-state index contributed by atoms with van der Waals surface area (Å²) in [6, 6.07) is 3.02. The van der Waals surface area contributed by atoms with Crippen molar-refractivity contribution in [1.29, 1.82) is 0 Å². The van der Waals surface area contributed by atoms with Gasteiger partial charge in [0, 0.05) is 19.3 Å². The maximum atomic E-state index is 13.0. The molecule has 32 heavy (non-hydrogen) atoms. The average Bonchev–Trinajstić information content (AvgIpc) is 2.77. The molecule has 2 aromatic rings. The third-order valence-electron chi connectivity index (χ3n) is 4.57. The number of hydrogen-bond donors (Lipinski definition) is 2. The molecule has 0 atom stereocenters. The van der Waals surface area contributed by atoms with E-state index in [4.69, 9.17) is 15.2 Å². The monoisotopic (exact) mass is 447 g/mol. The van der Waals surface area contributed by atoms with Crippen LogP contribution in [0.5, 0.6) is 5.88 Å². The predicted octanol–water partition coefficient (Wildman–Crippen LogP) is 1.31. The molecule has 0 bridgehead atoms. The van der Waals surface area contributed by atoms with Crippen molar-refractivity contribution in [3.63, 3.8) is 0 Å². The second-order valence-corrected chi connectivity index (χ2v) is 6.91. The van der Waals surface area contributed by atoms with Crippen LogP contribution in [0, 0.1) is 0 Å². The van der Waals surface area contributed by atoms with E-state index in [1.807, 2.05) is 13.8 Å². The SMILES string of the molecule is CCCCN(C(=O)COC(=O)c1cccnc1OCC)c1c(N)n(CCC)c(=O)[nH]c1=O. The number of carbonyl (C=O) groups is 2. The highest BCUT2D eigenvalue weighted by molar-refractivity contribution is 5.99. The number of hydrogen-bond acceptors (Lipinski definition) is 8. The first-order chi connectivity index (χ1) is 15.3. The molecule has 0 saturated carbocycles. The van der Waals surface area contributed by atoms with Crippen LogP contribution in [0.25, 0.3) is 0 Å². The number of nitrogens with two attached hydrogens (primary N) is 1. The molecule has 0 unspecified atom stereocenters. The number of esters is 1. The highest BCUT2D eigenvalue weighted by atomic mass is 16.5. The zero-order valence-corrected chi connectivity index (χ0v) is 18.6. The third-order valence-corrected chi connectivity index (χ3v) is 4.57. The molecule has 0 spiro atoms. The summed E-state index contributed by atoms with van der Waals surface area (Å²) in [6.45, 7) is 5.64. The van der Waals surface area contributed by atoms with Crippen molar-refractivity contribution >= 4 is 23.4 Å². The number of nitrogen functional groups attached to an aromatic ring is 1. The lowest BCUT2D eigenvalue weighted by molar-refractivity contribution is -0.121. The van der Waals surface area contributed by atoms with Gasteiger partial charge in [-0.3, -0.25) is 19.1 Å². The number of nitrogens with zero attached hydrogens (tertiary/aromatic N) is 3. The molecular formula is C21H29N5O6. The van der Waals surface area contributed by atoms with Gasteiger partial charge in [0.2, 0.25) is 5.88 Å². The molecule has 1 amide bonds. The number of pyridine rings is 1. The Balaban J connectivity index is 2.30. The van der Waals surface area contributed by atoms with Gasteiger partial charge in [0.1, 0.15) is 11.4 Å². The fraction of sp³-hybridized carbons (Fsp3) is 0.476. The topological polar surface area (TPSA) is 150 Å². The average molecular weight is 447 g/mol. The Morgan fingerprint density at radius 1 is 1.22 bits per heavy atom. The second-order valence-electron chi connectivity index (χ2n) is 6.91. The fourth-order valence-corrected chi connectivity index (χ4v) is 3.04. The van der Waals surface area contributed by atoms with Crippen LogP contribution in [0.3, 0.4) is 0 Å². The molecule has 2 aromatic heterocycles. The standard InChI is InChI=1S/C21H29N5O6/c1-4-7-12-25(16-17(22)26(11-5-2)21(30)24-18(16)28)15(27)13-32-20(29)14-9-8-10-23-19(14)31-6-3/h8-10H,4-7,11-13,22H2,1-3H3,(H,24,28,30). The number of amides is 1. The van der Waals surface area contributed by atoms with Crippen LogP contribution in [0.4, 0.5) is 11.5 Å². The maximum Gasteiger partial charge on any atom is 0.344 e. The molecule has 0 radical (unpaired) electrons. The van der Waals surface area contributed by atoms with Crippen molar-refractivity contribution in [2.75, 3.05) is 30.4 Å². The number of H-pyrrole nitrogens is 1. The fourth-order valence-electron chi connectivity index (χ4n) is 3.04. The zero-order chi connectivity index (χ0) is 23.7. The van der Waals surface area contributed by atoms with Crippen molar-refractivity contribution < 1.29 is 19.1 Å². The van der Waals surface area contributed by atoms with E-state index in [-0.39, 0.29) is 36.0 Å². The molecule has 0 aliphatic rings. The first-order valence-electron chi connectivity index (χ1n) is 10.5. The molecule has 0 fully saturated rings. The number of ether oxygens (including phenoxy) is 2. The van der Waals surface area contributed by atoms with Gasteiger partial charge in [0.15, 0.2) is 12.3 Å². The smallest absolute Gasteiger partial charge is 0.344 e. The van der Waals surface area contributed by atoms with Crippen molar-refractivity contribution in [3.8, 4) is 5.88 Å². The summed E-state index contributed by atoms with van der Waals surface area (Å²) in [5.41, 5.74) is 4.62. The van der Waals surface area contributed by atoms with Crippen LogP contribution in [-0.4, -0.2) is 46.2 Å². The number of aromatic amines is 1. The molecule has 0 aliphatic heterocycles. The summed E-state index contributed by atoms with van der Waals surface area (Å²) in [4.78, 5) is 57.4. The van der Waals surface area contributed by atoms with Crippen LogP contribution >= 0.6 is 0 Å². The van der Waals surface area contributed by atoms with Gasteiger partial charge in [-0.15, -0.1) is 0 Å². The van der Waals surface area contributed by atoms with E-state index in [2.05, 4.69) is 9.97 Å². The largest absolute Gasteiger partial charge is 0.477 e. The molecule has 2 rings (SSSR count). The normalized spacial score (nSPS) is 10.6. The van der Waals surface area contributed by atoms with Gasteiger partial charge in [-0.2, -0.15) is 0 Å². The lowest BCUT2D eigenvalue weighted by Crippen LogP contribution is -2.43. The number of carbonyl (C=O) groups excluding carboxylic acids is 2. The molecule has 0 aromatic carbocycles. The quantitative estimate of drug-likeness (QED) is 0.490. The molecule has 174 valence electrons. The van der Waals surface area contributed by atoms with E-state index in [9.17, 15) is 19.2 Å². The Hall–Kier alpha value is -3.63. The Labute approximate surface area is 185 Å². The van der Waals surface area contributed by atoms with E-state index in [1.165, 1.54) is 16.8 Å². The van der Waals surface area contributed by atoms with Gasteiger partial charge in [0.25, 0.3) is 11.5 Å². The Kier molecular flexibility index (Phi) is 8.99. The molecule has 11 nitrogen and oxygen atoms in total. The molecule has 2 heterocycles. The van der Waals surface area contributed by atoms with E-state index >= 15 is 0 Å². The minimum Gasteiger partial charge on any atom is -0.477 e. The summed E-state index contributed by atoms with van der Waals surface area (Å²) in [6.07, 6.45) is 3.38. The minimum absolute atomic E-state index is 0.0797. The van der Waals surface area contributed by atoms with Gasteiger partial charge in [-0.25, -0.2) is 14.6 Å². The minimum atomic E-state index is -0.789. The summed E-state index contributed by atoms with van der Waals surface area (Å²) >= 11 is 0. The van der Waals surface area contributed by atoms with E-state index in [1.54, 1.807) is 13.0 Å². The Morgan fingerprint density at radius 3 is 2.62 bits per heavy atom. The predicted molar refractivity (Wildman–Crippen MR) is 119 cm³/mol. The van der Waals surface area contributed by atoms with Gasteiger partial charge >= 0.3 is 11.7 Å². The van der Waals surface area contributed by atoms with Crippen LogP contribution < -0.4 is 26.6 Å². The molecule has 3 N–H and O–H groups in total. The lowest BCUT2D eigenvalue weighted by atomic mass is 10.2. The number of rotatable bonds is 11. The lowest BCUT2D eigenvalue weighted by Gasteiger charge is -2.24. The van der Waals surface area contributed by atoms with Crippen molar-refractivity contribution in [2.24, 2.45) is 0 Å². The number of aromatic nitrogens is 3. The summed E-state index contributed by atoms with van der Waals surface area (Å²) in [5.74, 6) is -1.44. The van der Waals surface area contributed by atoms with Crippen LogP contribution in [-0.2, 0) is 16.1 Å². The van der Waals surface area contributed by atoms with Gasteiger partial charge in [0.05, 0.1) is 6.61 Å². The molecule has 11 heteroatoms. The second kappa shape index (κ2) is 11.7. The van der Waals surface area contributed by atoms with Crippen LogP contribution in [0.15, 0.2) is 27.9 Å². The van der Waals surface area contributed by atoms with Crippen molar-refractivity contribution in [1.82, 2.24) is 14.5 Å². The Morgan fingerprint density at radius 2 is 1.97 bits per heavy atom. The van der Waals surface area contributed by atoms with Crippen molar-refractivity contribution in [2.45, 2.75) is 46.6 Å². The first kappa shape index (κ1) is 24.6. The van der Waals surface area contributed by atoms with Gasteiger partial charge < -0.3 is 20.1 Å². The molecule has 0 saturated heterocycles. The summed E-state index contributed by atoms with van der Waals surface area (Å²) < 4.78 is 11.7. The number of nitrogens with one attached hydrogen (secondary N) is 1. The zero-order valence-electron chi connectivity index (χ0n) is 18.6. The van der Waals surface area contributed by atoms with E-state index in [0.717, 1.165) is 11.3 Å². The van der Waals surface area contributed by atoms with Gasteiger partial charge in [-0.1, -0.05) is 20.3 Å². The highest BCUT2D eigenvalue weighted by Gasteiger charge is 2.25. The Bertz CT molecular complexity index is 1060. The number of anilines is 2. The van der Waals surface area contributed by atoms with Crippen molar-refractivity contribution in [3.05, 3.63) is 44.7 Å². The molecule has 0 aliphatic carbocycles. The maximum absolute atomic E-state index is 13.0. The van der Waals surface area contributed by atoms with E-state index < -0.39 is 29.7 Å².